The van der Waals surface area contributed by atoms with Crippen LogP contribution in [0.5, 0.6) is 0 Å². The van der Waals surface area contributed by atoms with Crippen LogP contribution in [0.2, 0.25) is 0 Å². The number of carbonyl (C=O) groups is 1. The van der Waals surface area contributed by atoms with E-state index in [0.717, 1.165) is 25.8 Å². The lowest BCUT2D eigenvalue weighted by Gasteiger charge is -2.37. The number of rotatable bonds is 10. The molecular formula is C16H33NO2. The highest BCUT2D eigenvalue weighted by atomic mass is 16.5. The Morgan fingerprint density at radius 2 is 1.63 bits per heavy atom. The van der Waals surface area contributed by atoms with Crippen molar-refractivity contribution in [2.45, 2.75) is 72.8 Å². The van der Waals surface area contributed by atoms with Crippen molar-refractivity contribution in [2.75, 3.05) is 13.2 Å². The van der Waals surface area contributed by atoms with Gasteiger partial charge in [-0.1, -0.05) is 34.6 Å². The Kier molecular flexibility index (Phi) is 9.07. The molecule has 0 amide bonds. The van der Waals surface area contributed by atoms with Crippen molar-refractivity contribution in [1.29, 1.82) is 0 Å². The first-order valence-corrected chi connectivity index (χ1v) is 7.75. The summed E-state index contributed by atoms with van der Waals surface area (Å²) in [6.45, 7) is 14.3. The predicted molar refractivity (Wildman–Crippen MR) is 81.2 cm³/mol. The fourth-order valence-electron chi connectivity index (χ4n) is 2.88. The number of hydrogen-bond acceptors (Lipinski definition) is 3. The summed E-state index contributed by atoms with van der Waals surface area (Å²) in [5.41, 5.74) is -0.107. The Morgan fingerprint density at radius 3 is 2.00 bits per heavy atom. The third-order valence-electron chi connectivity index (χ3n) is 3.14. The molecule has 0 radical (unpaired) electrons. The monoisotopic (exact) mass is 271 g/mol. The lowest BCUT2D eigenvalue weighted by Crippen LogP contribution is -2.49. The largest absolute Gasteiger partial charge is 0.466 e. The summed E-state index contributed by atoms with van der Waals surface area (Å²) in [6.07, 6.45) is 3.60. The zero-order valence-electron chi connectivity index (χ0n) is 13.7. The predicted octanol–water partition coefficient (Wildman–Crippen LogP) is 3.77. The molecule has 0 spiro atoms. The van der Waals surface area contributed by atoms with Gasteiger partial charge in [-0.05, 0) is 44.6 Å². The van der Waals surface area contributed by atoms with Gasteiger partial charge in [-0.15, -0.1) is 0 Å². The van der Waals surface area contributed by atoms with Crippen LogP contribution in [0.4, 0.5) is 0 Å². The van der Waals surface area contributed by atoms with Gasteiger partial charge in [0.1, 0.15) is 0 Å². The summed E-state index contributed by atoms with van der Waals surface area (Å²) in [5, 5.41) is 3.63. The molecule has 0 rings (SSSR count). The van der Waals surface area contributed by atoms with Crippen molar-refractivity contribution in [3.8, 4) is 0 Å². The van der Waals surface area contributed by atoms with Gasteiger partial charge < -0.3 is 10.1 Å². The summed E-state index contributed by atoms with van der Waals surface area (Å²) >= 11 is 0. The molecule has 1 N–H and O–H groups in total. The lowest BCUT2D eigenvalue weighted by atomic mass is 9.79. The highest BCUT2D eigenvalue weighted by molar-refractivity contribution is 5.70. The molecule has 0 saturated heterocycles. The van der Waals surface area contributed by atoms with Crippen molar-refractivity contribution in [3.05, 3.63) is 0 Å². The van der Waals surface area contributed by atoms with Crippen LogP contribution in [0, 0.1) is 11.8 Å². The standard InChI is InChI=1S/C16H33NO2/c1-7-9-17-16(10-13(3)4,11-14(5)6)12-15(18)19-8-2/h13-14,17H,7-12H2,1-6H3. The van der Waals surface area contributed by atoms with Gasteiger partial charge >= 0.3 is 5.97 Å². The van der Waals surface area contributed by atoms with Crippen LogP contribution in [-0.4, -0.2) is 24.7 Å². The average Bonchev–Trinajstić information content (AvgIpc) is 2.24. The molecule has 19 heavy (non-hydrogen) atoms. The minimum absolute atomic E-state index is 0.0765. The highest BCUT2D eigenvalue weighted by Crippen LogP contribution is 2.29. The normalized spacial score (nSPS) is 12.2. The Labute approximate surface area is 119 Å². The van der Waals surface area contributed by atoms with Gasteiger partial charge in [-0.2, -0.15) is 0 Å². The zero-order valence-corrected chi connectivity index (χ0v) is 13.7. The first-order valence-electron chi connectivity index (χ1n) is 7.75. The van der Waals surface area contributed by atoms with Crippen LogP contribution in [0.3, 0.4) is 0 Å². The Balaban J connectivity index is 4.91. The quantitative estimate of drug-likeness (QED) is 0.615. The van der Waals surface area contributed by atoms with Gasteiger partial charge in [0.15, 0.2) is 0 Å². The van der Waals surface area contributed by atoms with Gasteiger partial charge in [0.2, 0.25) is 0 Å². The molecule has 0 fully saturated rings. The SMILES string of the molecule is CCCNC(CC(=O)OCC)(CC(C)C)CC(C)C. The molecule has 0 aromatic carbocycles. The topological polar surface area (TPSA) is 38.3 Å². The maximum Gasteiger partial charge on any atom is 0.307 e. The van der Waals surface area contributed by atoms with Crippen LogP contribution in [0.25, 0.3) is 0 Å². The first kappa shape index (κ1) is 18.4. The second kappa shape index (κ2) is 9.35. The summed E-state index contributed by atoms with van der Waals surface area (Å²) in [7, 11) is 0. The van der Waals surface area contributed by atoms with Crippen molar-refractivity contribution >= 4 is 5.97 Å². The molecule has 3 nitrogen and oxygen atoms in total. The Hall–Kier alpha value is -0.570. The summed E-state index contributed by atoms with van der Waals surface area (Å²) in [4.78, 5) is 11.9. The molecular weight excluding hydrogens is 238 g/mol. The third kappa shape index (κ3) is 8.25. The number of nitrogens with one attached hydrogen (secondary N) is 1. The minimum Gasteiger partial charge on any atom is -0.466 e. The Bertz CT molecular complexity index is 239. The number of hydrogen-bond donors (Lipinski definition) is 1. The van der Waals surface area contributed by atoms with E-state index in [1.807, 2.05) is 6.92 Å². The maximum absolute atomic E-state index is 11.9. The van der Waals surface area contributed by atoms with Crippen LogP contribution in [0.1, 0.15) is 67.2 Å². The van der Waals surface area contributed by atoms with Crippen molar-refractivity contribution in [1.82, 2.24) is 5.32 Å². The molecule has 114 valence electrons. The minimum atomic E-state index is -0.107. The molecule has 0 aromatic rings. The molecule has 3 heteroatoms. The van der Waals surface area contributed by atoms with E-state index in [1.165, 1.54) is 0 Å². The van der Waals surface area contributed by atoms with Crippen LogP contribution in [0.15, 0.2) is 0 Å². The fourth-order valence-corrected chi connectivity index (χ4v) is 2.88. The van der Waals surface area contributed by atoms with E-state index in [9.17, 15) is 4.79 Å². The summed E-state index contributed by atoms with van der Waals surface area (Å²) in [6, 6.07) is 0. The molecule has 0 aliphatic rings. The third-order valence-corrected chi connectivity index (χ3v) is 3.14. The lowest BCUT2D eigenvalue weighted by molar-refractivity contribution is -0.145. The van der Waals surface area contributed by atoms with Crippen LogP contribution in [-0.2, 0) is 9.53 Å². The van der Waals surface area contributed by atoms with Gasteiger partial charge in [0.05, 0.1) is 13.0 Å². The van der Waals surface area contributed by atoms with Crippen molar-refractivity contribution in [3.63, 3.8) is 0 Å². The summed E-state index contributed by atoms with van der Waals surface area (Å²) in [5.74, 6) is 1.06. The molecule has 0 heterocycles. The van der Waals surface area contributed by atoms with E-state index in [-0.39, 0.29) is 11.5 Å². The van der Waals surface area contributed by atoms with E-state index >= 15 is 0 Å². The smallest absolute Gasteiger partial charge is 0.307 e. The van der Waals surface area contributed by atoms with Crippen LogP contribution < -0.4 is 5.32 Å². The second-order valence-electron chi connectivity index (χ2n) is 6.38. The van der Waals surface area contributed by atoms with Gasteiger partial charge in [0.25, 0.3) is 0 Å². The molecule has 0 unspecified atom stereocenters. The molecule has 0 aromatic heterocycles. The van der Waals surface area contributed by atoms with Gasteiger partial charge in [-0.25, -0.2) is 0 Å². The number of ether oxygens (including phenoxy) is 1. The second-order valence-corrected chi connectivity index (χ2v) is 6.38. The maximum atomic E-state index is 11.9. The van der Waals surface area contributed by atoms with Gasteiger partial charge in [-0.3, -0.25) is 4.79 Å². The molecule has 0 bridgehead atoms. The zero-order chi connectivity index (χ0) is 14.9. The number of esters is 1. The van der Waals surface area contributed by atoms with E-state index < -0.39 is 0 Å². The van der Waals surface area contributed by atoms with Crippen LogP contribution >= 0.6 is 0 Å². The fraction of sp³-hybridized carbons (Fsp3) is 0.938. The summed E-state index contributed by atoms with van der Waals surface area (Å²) < 4.78 is 5.16. The first-order chi connectivity index (χ1) is 8.85. The molecule has 0 aliphatic carbocycles. The van der Waals surface area contributed by atoms with E-state index in [1.54, 1.807) is 0 Å². The molecule has 0 atom stereocenters. The van der Waals surface area contributed by atoms with Crippen molar-refractivity contribution < 1.29 is 9.53 Å². The van der Waals surface area contributed by atoms with E-state index in [4.69, 9.17) is 4.74 Å². The highest BCUT2D eigenvalue weighted by Gasteiger charge is 2.34. The average molecular weight is 271 g/mol. The van der Waals surface area contributed by atoms with Gasteiger partial charge in [0, 0.05) is 5.54 Å². The number of carbonyl (C=O) groups excluding carboxylic acids is 1. The van der Waals surface area contributed by atoms with E-state index in [0.29, 0.717) is 24.9 Å². The van der Waals surface area contributed by atoms with E-state index in [2.05, 4.69) is 39.9 Å². The van der Waals surface area contributed by atoms with Crippen molar-refractivity contribution in [2.24, 2.45) is 11.8 Å². The molecule has 0 saturated carbocycles. The Morgan fingerprint density at radius 1 is 1.11 bits per heavy atom. The molecule has 0 aliphatic heterocycles.